The SMILES string of the molecule is CCOCCNC(=O)CCCC(=O)NC1CCC(C(=O)C(C)C)CC1.[HH].[HH]. The Labute approximate surface area is 154 Å². The molecule has 0 radical (unpaired) electrons. The molecule has 0 aromatic rings. The zero-order valence-corrected chi connectivity index (χ0v) is 15.9. The molecule has 1 rings (SSSR count). The minimum Gasteiger partial charge on any atom is -0.380 e. The van der Waals surface area contributed by atoms with E-state index in [-0.39, 0.29) is 32.5 Å². The van der Waals surface area contributed by atoms with Crippen molar-refractivity contribution in [2.45, 2.75) is 71.8 Å². The monoisotopic (exact) mass is 358 g/mol. The largest absolute Gasteiger partial charge is 0.380 e. The van der Waals surface area contributed by atoms with Crippen LogP contribution >= 0.6 is 0 Å². The molecule has 0 heterocycles. The molecule has 0 aromatic heterocycles. The number of hydrogen-bond donors (Lipinski definition) is 2. The summed E-state index contributed by atoms with van der Waals surface area (Å²) in [6, 6.07) is 0.170. The Morgan fingerprint density at radius 1 is 1.08 bits per heavy atom. The highest BCUT2D eigenvalue weighted by molar-refractivity contribution is 5.83. The van der Waals surface area contributed by atoms with Crippen LogP contribution in [0, 0.1) is 11.8 Å². The predicted octanol–water partition coefficient (Wildman–Crippen LogP) is 2.70. The Kier molecular flexibility index (Phi) is 10.4. The molecule has 0 aromatic carbocycles. The first-order chi connectivity index (χ1) is 11.9. The summed E-state index contributed by atoms with van der Waals surface area (Å²) in [6.07, 6.45) is 4.74. The van der Waals surface area contributed by atoms with Crippen molar-refractivity contribution in [3.63, 3.8) is 0 Å². The Balaban J connectivity index is 0. The quantitative estimate of drug-likeness (QED) is 0.556. The van der Waals surface area contributed by atoms with Gasteiger partial charge in [0.25, 0.3) is 0 Å². The summed E-state index contributed by atoms with van der Waals surface area (Å²) in [7, 11) is 0. The summed E-state index contributed by atoms with van der Waals surface area (Å²) in [6.45, 7) is 7.48. The Bertz CT molecular complexity index is 439. The third-order valence-electron chi connectivity index (χ3n) is 4.64. The van der Waals surface area contributed by atoms with Gasteiger partial charge in [0.15, 0.2) is 0 Å². The molecule has 1 saturated carbocycles. The summed E-state index contributed by atoms with van der Waals surface area (Å²) >= 11 is 0. The second-order valence-corrected chi connectivity index (χ2v) is 7.07. The van der Waals surface area contributed by atoms with Crippen LogP contribution in [0.15, 0.2) is 0 Å². The molecule has 2 N–H and O–H groups in total. The van der Waals surface area contributed by atoms with Crippen molar-refractivity contribution < 1.29 is 22.0 Å². The zero-order chi connectivity index (χ0) is 18.7. The number of carbonyl (C=O) groups excluding carboxylic acids is 3. The Morgan fingerprint density at radius 3 is 2.32 bits per heavy atom. The van der Waals surface area contributed by atoms with Crippen molar-refractivity contribution in [2.24, 2.45) is 11.8 Å². The van der Waals surface area contributed by atoms with Crippen LogP contribution in [-0.2, 0) is 19.1 Å². The predicted molar refractivity (Wildman–Crippen MR) is 101 cm³/mol. The molecule has 0 aliphatic heterocycles. The lowest BCUT2D eigenvalue weighted by atomic mass is 9.80. The van der Waals surface area contributed by atoms with E-state index in [0.717, 1.165) is 25.7 Å². The fourth-order valence-electron chi connectivity index (χ4n) is 3.20. The topological polar surface area (TPSA) is 84.5 Å². The maximum absolute atomic E-state index is 12.0. The van der Waals surface area contributed by atoms with Gasteiger partial charge in [-0.3, -0.25) is 14.4 Å². The molecule has 1 aliphatic carbocycles. The Morgan fingerprint density at radius 2 is 1.72 bits per heavy atom. The number of amides is 2. The van der Waals surface area contributed by atoms with E-state index < -0.39 is 0 Å². The maximum atomic E-state index is 12.0. The van der Waals surface area contributed by atoms with Crippen molar-refractivity contribution in [1.82, 2.24) is 10.6 Å². The molecule has 2 amide bonds. The summed E-state index contributed by atoms with van der Waals surface area (Å²) < 4.78 is 5.15. The first-order valence-corrected chi connectivity index (χ1v) is 9.61. The van der Waals surface area contributed by atoms with E-state index in [0.29, 0.717) is 44.8 Å². The number of rotatable bonds is 11. The first-order valence-electron chi connectivity index (χ1n) is 9.61. The van der Waals surface area contributed by atoms with Gasteiger partial charge < -0.3 is 15.4 Å². The molecular formula is C19H38N2O4. The number of ketones is 1. The third kappa shape index (κ3) is 9.00. The van der Waals surface area contributed by atoms with Crippen LogP contribution in [0.5, 0.6) is 0 Å². The van der Waals surface area contributed by atoms with Gasteiger partial charge in [0, 0.05) is 46.7 Å². The molecule has 6 nitrogen and oxygen atoms in total. The van der Waals surface area contributed by atoms with Crippen LogP contribution in [0.1, 0.15) is 68.6 Å². The maximum Gasteiger partial charge on any atom is 0.220 e. The van der Waals surface area contributed by atoms with Gasteiger partial charge in [-0.2, -0.15) is 0 Å². The van der Waals surface area contributed by atoms with Crippen molar-refractivity contribution >= 4 is 17.6 Å². The first kappa shape index (κ1) is 21.6. The minimum atomic E-state index is -0.0415. The van der Waals surface area contributed by atoms with E-state index in [4.69, 9.17) is 4.74 Å². The van der Waals surface area contributed by atoms with Crippen molar-refractivity contribution in [3.8, 4) is 0 Å². The highest BCUT2D eigenvalue weighted by atomic mass is 16.5. The van der Waals surface area contributed by atoms with Gasteiger partial charge in [-0.1, -0.05) is 13.8 Å². The Hall–Kier alpha value is -1.43. The van der Waals surface area contributed by atoms with E-state index in [1.165, 1.54) is 0 Å². The van der Waals surface area contributed by atoms with E-state index in [1.807, 2.05) is 20.8 Å². The lowest BCUT2D eigenvalue weighted by Crippen LogP contribution is -2.39. The normalized spacial score (nSPS) is 20.3. The molecular weight excluding hydrogens is 320 g/mol. The van der Waals surface area contributed by atoms with E-state index in [1.54, 1.807) is 0 Å². The number of hydrogen-bond acceptors (Lipinski definition) is 4. The summed E-state index contributed by atoms with van der Waals surface area (Å²) in [5.41, 5.74) is 0. The van der Waals surface area contributed by atoms with Gasteiger partial charge in [-0.05, 0) is 39.0 Å². The number of nitrogens with one attached hydrogen (secondary N) is 2. The molecule has 0 saturated heterocycles. The van der Waals surface area contributed by atoms with Gasteiger partial charge in [-0.25, -0.2) is 0 Å². The molecule has 0 spiro atoms. The average Bonchev–Trinajstić information content (AvgIpc) is 2.58. The van der Waals surface area contributed by atoms with Crippen molar-refractivity contribution in [2.75, 3.05) is 19.8 Å². The second-order valence-electron chi connectivity index (χ2n) is 7.07. The van der Waals surface area contributed by atoms with Crippen LogP contribution < -0.4 is 10.6 Å². The van der Waals surface area contributed by atoms with Crippen molar-refractivity contribution in [1.29, 1.82) is 0 Å². The van der Waals surface area contributed by atoms with Gasteiger partial charge >= 0.3 is 0 Å². The third-order valence-corrected chi connectivity index (χ3v) is 4.64. The molecule has 148 valence electrons. The number of carbonyl (C=O) groups is 3. The lowest BCUT2D eigenvalue weighted by molar-refractivity contribution is -0.127. The molecule has 25 heavy (non-hydrogen) atoms. The molecule has 1 fully saturated rings. The van der Waals surface area contributed by atoms with Gasteiger partial charge in [0.1, 0.15) is 5.78 Å². The number of Topliss-reactive ketones (excluding diaryl/α,β-unsaturated/α-hetero) is 1. The fraction of sp³-hybridized carbons (Fsp3) is 0.842. The molecule has 6 heteroatoms. The molecule has 0 unspecified atom stereocenters. The second kappa shape index (κ2) is 12.0. The van der Waals surface area contributed by atoms with Crippen molar-refractivity contribution in [3.05, 3.63) is 0 Å². The summed E-state index contributed by atoms with van der Waals surface area (Å²) in [5.74, 6) is 0.561. The van der Waals surface area contributed by atoms with Gasteiger partial charge in [0.05, 0.1) is 6.61 Å². The zero-order valence-electron chi connectivity index (χ0n) is 15.9. The van der Waals surface area contributed by atoms with E-state index >= 15 is 0 Å². The summed E-state index contributed by atoms with van der Waals surface area (Å²) in [4.78, 5) is 35.6. The van der Waals surface area contributed by atoms with Crippen LogP contribution in [0.25, 0.3) is 0 Å². The van der Waals surface area contributed by atoms with E-state index in [9.17, 15) is 14.4 Å². The fourth-order valence-corrected chi connectivity index (χ4v) is 3.20. The summed E-state index contributed by atoms with van der Waals surface area (Å²) in [5, 5.41) is 5.81. The van der Waals surface area contributed by atoms with Crippen LogP contribution in [0.2, 0.25) is 0 Å². The van der Waals surface area contributed by atoms with Crippen LogP contribution in [-0.4, -0.2) is 43.4 Å². The highest BCUT2D eigenvalue weighted by Crippen LogP contribution is 2.27. The standard InChI is InChI=1S/C19H34N2O4.2H2/c1-4-25-13-12-20-17(22)6-5-7-18(23)21-16-10-8-15(9-11-16)19(24)14(2)3;;/h14-16H,4-13H2,1-3H3,(H,20,22)(H,21,23);2*1H. The molecule has 0 bridgehead atoms. The van der Waals surface area contributed by atoms with Gasteiger partial charge in [0.2, 0.25) is 11.8 Å². The number of ether oxygens (including phenoxy) is 1. The molecule has 0 atom stereocenters. The van der Waals surface area contributed by atoms with E-state index in [2.05, 4.69) is 10.6 Å². The van der Waals surface area contributed by atoms with Gasteiger partial charge in [-0.15, -0.1) is 0 Å². The molecule has 1 aliphatic rings. The highest BCUT2D eigenvalue weighted by Gasteiger charge is 2.28. The smallest absolute Gasteiger partial charge is 0.220 e. The van der Waals surface area contributed by atoms with Crippen LogP contribution in [0.3, 0.4) is 0 Å². The minimum absolute atomic E-state index is 0. The van der Waals surface area contributed by atoms with Crippen LogP contribution in [0.4, 0.5) is 0 Å². The lowest BCUT2D eigenvalue weighted by Gasteiger charge is -2.29. The average molecular weight is 359 g/mol.